The summed E-state index contributed by atoms with van der Waals surface area (Å²) in [5.41, 5.74) is -0.604. The van der Waals surface area contributed by atoms with Gasteiger partial charge in [0.25, 0.3) is 0 Å². The number of hydrogen-bond acceptors (Lipinski definition) is 8. The normalized spacial score (nSPS) is 9.17. The maximum absolute atomic E-state index is 10.6. The van der Waals surface area contributed by atoms with Gasteiger partial charge in [-0.3, -0.25) is 9.59 Å². The fraction of sp³-hybridized carbons (Fsp3) is 0.111. The Hall–Kier alpha value is -3.20. The van der Waals surface area contributed by atoms with E-state index in [4.69, 9.17) is 20.4 Å². The van der Waals surface area contributed by atoms with Crippen LogP contribution in [0, 0.1) is 0 Å². The van der Waals surface area contributed by atoms with Crippen molar-refractivity contribution in [1.29, 1.82) is 0 Å². The number of carboxylic acids is 2. The molecular formula is C18H16O10Zr. The largest absolute Gasteiger partial charge is 0.507 e. The molecule has 29 heavy (non-hydrogen) atoms. The minimum atomic E-state index is -1.28. The Bertz CT molecular complexity index is 847. The van der Waals surface area contributed by atoms with Crippen molar-refractivity contribution in [1.82, 2.24) is 0 Å². The summed E-state index contributed by atoms with van der Waals surface area (Å²) in [6.45, 7) is 2.40. The smallest absolute Gasteiger partial charge is 0.339 e. The Morgan fingerprint density at radius 3 is 1.24 bits per heavy atom. The van der Waals surface area contributed by atoms with Crippen LogP contribution in [-0.2, 0) is 35.8 Å². The average Bonchev–Trinajstić information content (AvgIpc) is 2.57. The van der Waals surface area contributed by atoms with Gasteiger partial charge in [0.15, 0.2) is 0 Å². The minimum absolute atomic E-state index is 0. The second-order valence-electron chi connectivity index (χ2n) is 5.16. The van der Waals surface area contributed by atoms with Crippen LogP contribution in [0.2, 0.25) is 0 Å². The van der Waals surface area contributed by atoms with Gasteiger partial charge in [-0.05, 0) is 36.4 Å². The predicted molar refractivity (Wildman–Crippen MR) is 92.8 cm³/mol. The van der Waals surface area contributed by atoms with Gasteiger partial charge in [0.05, 0.1) is 0 Å². The third-order valence-corrected chi connectivity index (χ3v) is 2.92. The molecule has 0 unspecified atom stereocenters. The Balaban J connectivity index is 0.000000523. The number of ether oxygens (including phenoxy) is 2. The van der Waals surface area contributed by atoms with Gasteiger partial charge >= 0.3 is 23.9 Å². The van der Waals surface area contributed by atoms with Crippen LogP contribution < -0.4 is 9.47 Å². The number of phenols is 2. The molecule has 0 amide bonds. The molecule has 10 nitrogen and oxygen atoms in total. The standard InChI is InChI=1S/2C9H8O5.Zr/c2*1-5(10)14-6-2-3-8(11)7(4-6)9(12)13;/h2*2-4,11H,1H3,(H,12,13);. The van der Waals surface area contributed by atoms with E-state index in [1.54, 1.807) is 0 Å². The SMILES string of the molecule is CC(=O)Oc1ccc(O)c(C(=O)O)c1.CC(=O)Oc1ccc(O)c(C(=O)O)c1.[Zr]. The van der Waals surface area contributed by atoms with Gasteiger partial charge in [-0.2, -0.15) is 0 Å². The summed E-state index contributed by atoms with van der Waals surface area (Å²) < 4.78 is 9.29. The topological polar surface area (TPSA) is 168 Å². The Labute approximate surface area is 183 Å². The summed E-state index contributed by atoms with van der Waals surface area (Å²) in [4.78, 5) is 42.2. The van der Waals surface area contributed by atoms with Crippen LogP contribution in [0.1, 0.15) is 34.6 Å². The van der Waals surface area contributed by atoms with Gasteiger partial charge in [0, 0.05) is 40.1 Å². The number of carboxylic acid groups (broad SMARTS) is 2. The second kappa shape index (κ2) is 11.6. The van der Waals surface area contributed by atoms with Crippen LogP contribution in [0.25, 0.3) is 0 Å². The van der Waals surface area contributed by atoms with E-state index in [-0.39, 0.29) is 60.3 Å². The molecule has 11 heteroatoms. The van der Waals surface area contributed by atoms with Crippen LogP contribution in [0.5, 0.6) is 23.0 Å². The van der Waals surface area contributed by atoms with E-state index in [0.717, 1.165) is 24.3 Å². The van der Waals surface area contributed by atoms with Crippen molar-refractivity contribution in [2.24, 2.45) is 0 Å². The zero-order chi connectivity index (χ0) is 21.4. The van der Waals surface area contributed by atoms with Gasteiger partial charge in [-0.25, -0.2) is 9.59 Å². The molecule has 0 spiro atoms. The number of esters is 2. The van der Waals surface area contributed by atoms with E-state index in [1.165, 1.54) is 26.0 Å². The van der Waals surface area contributed by atoms with Crippen LogP contribution in [-0.4, -0.2) is 44.3 Å². The fourth-order valence-corrected chi connectivity index (χ4v) is 1.83. The minimum Gasteiger partial charge on any atom is -0.507 e. The van der Waals surface area contributed by atoms with Crippen LogP contribution >= 0.6 is 0 Å². The number of hydrogen-bond donors (Lipinski definition) is 4. The second-order valence-corrected chi connectivity index (χ2v) is 5.16. The van der Waals surface area contributed by atoms with Crippen molar-refractivity contribution in [3.05, 3.63) is 47.5 Å². The van der Waals surface area contributed by atoms with Crippen LogP contribution in [0.3, 0.4) is 0 Å². The Morgan fingerprint density at radius 2 is 1.00 bits per heavy atom. The molecule has 2 aromatic carbocycles. The fourth-order valence-electron chi connectivity index (χ4n) is 1.83. The number of rotatable bonds is 4. The maximum atomic E-state index is 10.6. The molecule has 0 atom stereocenters. The van der Waals surface area contributed by atoms with Gasteiger partial charge in [-0.15, -0.1) is 0 Å². The molecule has 0 saturated carbocycles. The van der Waals surface area contributed by atoms with Gasteiger partial charge in [-0.1, -0.05) is 0 Å². The third kappa shape index (κ3) is 8.57. The molecule has 0 fully saturated rings. The number of carbonyl (C=O) groups excluding carboxylic acids is 2. The summed E-state index contributed by atoms with van der Waals surface area (Å²) in [6.07, 6.45) is 0. The van der Waals surface area contributed by atoms with E-state index in [2.05, 4.69) is 9.47 Å². The molecule has 0 aromatic heterocycles. The molecular weight excluding hydrogens is 467 g/mol. The van der Waals surface area contributed by atoms with Crippen molar-refractivity contribution in [2.75, 3.05) is 0 Å². The van der Waals surface area contributed by atoms with Crippen molar-refractivity contribution in [2.45, 2.75) is 13.8 Å². The number of aromatic carboxylic acids is 2. The summed E-state index contributed by atoms with van der Waals surface area (Å²) in [6, 6.07) is 7.09. The molecule has 0 aliphatic carbocycles. The zero-order valence-electron chi connectivity index (χ0n) is 15.2. The molecule has 0 radical (unpaired) electrons. The molecule has 0 aliphatic heterocycles. The van der Waals surface area contributed by atoms with E-state index < -0.39 is 23.9 Å². The summed E-state index contributed by atoms with van der Waals surface area (Å²) in [5.74, 6) is -4.21. The van der Waals surface area contributed by atoms with Crippen molar-refractivity contribution < 1.29 is 75.3 Å². The predicted octanol–water partition coefficient (Wildman–Crippen LogP) is 2.03. The Kier molecular flexibility index (Phi) is 10.3. The van der Waals surface area contributed by atoms with Crippen LogP contribution in [0.4, 0.5) is 0 Å². The van der Waals surface area contributed by atoms with Gasteiger partial charge < -0.3 is 29.9 Å². The molecule has 0 saturated heterocycles. The number of carbonyl (C=O) groups is 4. The first kappa shape index (κ1) is 25.8. The zero-order valence-corrected chi connectivity index (χ0v) is 17.7. The molecule has 2 rings (SSSR count). The average molecular weight is 484 g/mol. The third-order valence-electron chi connectivity index (χ3n) is 2.92. The molecule has 152 valence electrons. The summed E-state index contributed by atoms with van der Waals surface area (Å²) >= 11 is 0. The summed E-state index contributed by atoms with van der Waals surface area (Å²) in [7, 11) is 0. The first-order valence-corrected chi connectivity index (χ1v) is 7.50. The maximum Gasteiger partial charge on any atom is 0.339 e. The molecule has 4 N–H and O–H groups in total. The van der Waals surface area contributed by atoms with E-state index in [9.17, 15) is 19.2 Å². The van der Waals surface area contributed by atoms with Gasteiger partial charge in [0.1, 0.15) is 34.1 Å². The molecule has 2 aromatic rings. The number of benzene rings is 2. The van der Waals surface area contributed by atoms with E-state index in [0.29, 0.717) is 0 Å². The van der Waals surface area contributed by atoms with Crippen molar-refractivity contribution >= 4 is 23.9 Å². The molecule has 0 bridgehead atoms. The van der Waals surface area contributed by atoms with E-state index >= 15 is 0 Å². The Morgan fingerprint density at radius 1 is 0.690 bits per heavy atom. The first-order chi connectivity index (χ1) is 13.0. The van der Waals surface area contributed by atoms with E-state index in [1.807, 2.05) is 0 Å². The molecule has 0 heterocycles. The monoisotopic (exact) mass is 482 g/mol. The van der Waals surface area contributed by atoms with Crippen molar-refractivity contribution in [3.63, 3.8) is 0 Å². The van der Waals surface area contributed by atoms with Crippen LogP contribution in [0.15, 0.2) is 36.4 Å². The molecule has 0 aliphatic rings. The van der Waals surface area contributed by atoms with Gasteiger partial charge in [0.2, 0.25) is 0 Å². The quantitative estimate of drug-likeness (QED) is 0.373. The number of aromatic hydroxyl groups is 2. The summed E-state index contributed by atoms with van der Waals surface area (Å²) in [5, 5.41) is 35.5. The van der Waals surface area contributed by atoms with Crippen molar-refractivity contribution in [3.8, 4) is 23.0 Å². The first-order valence-electron chi connectivity index (χ1n) is 7.50.